The quantitative estimate of drug-likeness (QED) is 0.787. The van der Waals surface area contributed by atoms with E-state index in [0.29, 0.717) is 10.6 Å². The van der Waals surface area contributed by atoms with Crippen molar-refractivity contribution >= 4 is 17.3 Å². The first-order chi connectivity index (χ1) is 7.79. The van der Waals surface area contributed by atoms with Crippen LogP contribution < -0.4 is 5.32 Å². The average molecular weight is 235 g/mol. The standard InChI is InChI=1S/C13H15ClN2/c14-13-8-12(6-5-11(13)9-15)16-7-1-2-10-3-4-10/h5-6,8,10,16H,1-4,7H2. The fourth-order valence-electron chi connectivity index (χ4n) is 1.75. The Balaban J connectivity index is 1.79. The summed E-state index contributed by atoms with van der Waals surface area (Å²) in [6, 6.07) is 7.53. The first-order valence-corrected chi connectivity index (χ1v) is 6.11. The van der Waals surface area contributed by atoms with Gasteiger partial charge >= 0.3 is 0 Å². The van der Waals surface area contributed by atoms with E-state index in [1.807, 2.05) is 12.1 Å². The summed E-state index contributed by atoms with van der Waals surface area (Å²) in [5.74, 6) is 0.992. The van der Waals surface area contributed by atoms with Gasteiger partial charge in [-0.2, -0.15) is 5.26 Å². The van der Waals surface area contributed by atoms with Gasteiger partial charge in [0.2, 0.25) is 0 Å². The van der Waals surface area contributed by atoms with E-state index in [4.69, 9.17) is 16.9 Å². The topological polar surface area (TPSA) is 35.8 Å². The minimum Gasteiger partial charge on any atom is -0.385 e. The zero-order chi connectivity index (χ0) is 11.4. The van der Waals surface area contributed by atoms with Crippen molar-refractivity contribution in [2.75, 3.05) is 11.9 Å². The summed E-state index contributed by atoms with van der Waals surface area (Å²) < 4.78 is 0. The molecule has 0 spiro atoms. The molecule has 0 aromatic heterocycles. The smallest absolute Gasteiger partial charge is 0.101 e. The molecule has 1 aromatic rings. The number of nitrogens with zero attached hydrogens (tertiary/aromatic N) is 1. The lowest BCUT2D eigenvalue weighted by Crippen LogP contribution is -2.01. The van der Waals surface area contributed by atoms with Crippen LogP contribution in [0.5, 0.6) is 0 Å². The predicted octanol–water partition coefficient (Wildman–Crippen LogP) is 3.81. The number of halogens is 1. The van der Waals surface area contributed by atoms with Crippen molar-refractivity contribution in [3.8, 4) is 6.07 Å². The van der Waals surface area contributed by atoms with Gasteiger partial charge in [0.15, 0.2) is 0 Å². The van der Waals surface area contributed by atoms with Crippen LogP contribution in [0.25, 0.3) is 0 Å². The van der Waals surface area contributed by atoms with Crippen LogP contribution in [-0.2, 0) is 0 Å². The minimum atomic E-state index is 0.523. The summed E-state index contributed by atoms with van der Waals surface area (Å²) in [5.41, 5.74) is 1.53. The number of anilines is 1. The van der Waals surface area contributed by atoms with E-state index in [9.17, 15) is 0 Å². The first-order valence-electron chi connectivity index (χ1n) is 5.73. The van der Waals surface area contributed by atoms with Gasteiger partial charge in [0.25, 0.3) is 0 Å². The van der Waals surface area contributed by atoms with E-state index in [-0.39, 0.29) is 0 Å². The lowest BCUT2D eigenvalue weighted by atomic mass is 10.2. The molecule has 0 atom stereocenters. The van der Waals surface area contributed by atoms with Crippen LogP contribution in [0.15, 0.2) is 18.2 Å². The number of hydrogen-bond donors (Lipinski definition) is 1. The molecule has 1 aliphatic carbocycles. The summed E-state index contributed by atoms with van der Waals surface area (Å²) in [6.07, 6.45) is 5.38. The molecule has 16 heavy (non-hydrogen) atoms. The highest BCUT2D eigenvalue weighted by atomic mass is 35.5. The number of hydrogen-bond acceptors (Lipinski definition) is 2. The van der Waals surface area contributed by atoms with E-state index in [1.165, 1.54) is 25.7 Å². The molecular formula is C13H15ClN2. The van der Waals surface area contributed by atoms with E-state index in [0.717, 1.165) is 18.2 Å². The van der Waals surface area contributed by atoms with Gasteiger partial charge in [-0.1, -0.05) is 24.4 Å². The van der Waals surface area contributed by atoms with E-state index >= 15 is 0 Å². The van der Waals surface area contributed by atoms with Gasteiger partial charge in [-0.15, -0.1) is 0 Å². The second kappa shape index (κ2) is 5.23. The maximum Gasteiger partial charge on any atom is 0.101 e. The molecule has 2 nitrogen and oxygen atoms in total. The fourth-order valence-corrected chi connectivity index (χ4v) is 1.97. The molecule has 1 fully saturated rings. The van der Waals surface area contributed by atoms with Crippen LogP contribution in [-0.4, -0.2) is 6.54 Å². The fraction of sp³-hybridized carbons (Fsp3) is 0.462. The van der Waals surface area contributed by atoms with E-state index < -0.39 is 0 Å². The minimum absolute atomic E-state index is 0.523. The van der Waals surface area contributed by atoms with Crippen molar-refractivity contribution in [1.29, 1.82) is 5.26 Å². The number of nitriles is 1. The lowest BCUT2D eigenvalue weighted by molar-refractivity contribution is 0.687. The molecule has 2 rings (SSSR count). The molecule has 0 saturated heterocycles. The molecule has 1 aromatic carbocycles. The van der Waals surface area contributed by atoms with Crippen molar-refractivity contribution in [1.82, 2.24) is 0 Å². The molecule has 0 amide bonds. The number of benzene rings is 1. The monoisotopic (exact) mass is 234 g/mol. The molecule has 0 unspecified atom stereocenters. The van der Waals surface area contributed by atoms with Gasteiger partial charge in [0.05, 0.1) is 10.6 Å². The van der Waals surface area contributed by atoms with Gasteiger partial charge in [-0.25, -0.2) is 0 Å². The lowest BCUT2D eigenvalue weighted by Gasteiger charge is -2.06. The zero-order valence-corrected chi connectivity index (χ0v) is 9.93. The Morgan fingerprint density at radius 3 is 2.88 bits per heavy atom. The molecule has 0 bridgehead atoms. The number of nitrogens with one attached hydrogen (secondary N) is 1. The third-order valence-electron chi connectivity index (χ3n) is 2.90. The Hall–Kier alpha value is -1.20. The Morgan fingerprint density at radius 2 is 2.25 bits per heavy atom. The molecule has 1 N–H and O–H groups in total. The summed E-state index contributed by atoms with van der Waals surface area (Å²) >= 11 is 5.94. The van der Waals surface area contributed by atoms with Crippen molar-refractivity contribution in [3.63, 3.8) is 0 Å². The molecular weight excluding hydrogens is 220 g/mol. The van der Waals surface area contributed by atoms with Crippen LogP contribution in [0.3, 0.4) is 0 Å². The average Bonchev–Trinajstić information content (AvgIpc) is 3.08. The Kier molecular flexibility index (Phi) is 3.69. The molecule has 0 aliphatic heterocycles. The second-order valence-electron chi connectivity index (χ2n) is 4.32. The zero-order valence-electron chi connectivity index (χ0n) is 9.17. The molecule has 3 heteroatoms. The highest BCUT2D eigenvalue weighted by Gasteiger charge is 2.19. The maximum atomic E-state index is 8.74. The van der Waals surface area contributed by atoms with Gasteiger partial charge in [-0.05, 0) is 37.0 Å². The molecule has 1 aliphatic rings. The third-order valence-corrected chi connectivity index (χ3v) is 3.22. The first kappa shape index (κ1) is 11.3. The van der Waals surface area contributed by atoms with Crippen molar-refractivity contribution in [2.45, 2.75) is 25.7 Å². The molecule has 0 radical (unpaired) electrons. The molecule has 84 valence electrons. The van der Waals surface area contributed by atoms with Gasteiger partial charge < -0.3 is 5.32 Å². The normalized spacial score (nSPS) is 14.5. The summed E-state index contributed by atoms with van der Waals surface area (Å²) in [5, 5.41) is 12.6. The Bertz CT molecular complexity index is 405. The molecule has 0 heterocycles. The Labute approximate surface area is 101 Å². The SMILES string of the molecule is N#Cc1ccc(NCCCC2CC2)cc1Cl. The van der Waals surface area contributed by atoms with Gasteiger partial charge in [-0.3, -0.25) is 0 Å². The van der Waals surface area contributed by atoms with Crippen LogP contribution in [0.1, 0.15) is 31.2 Å². The van der Waals surface area contributed by atoms with Crippen LogP contribution >= 0.6 is 11.6 Å². The summed E-state index contributed by atoms with van der Waals surface area (Å²) in [6.45, 7) is 0.985. The third kappa shape index (κ3) is 3.15. The van der Waals surface area contributed by atoms with Gasteiger partial charge in [0.1, 0.15) is 6.07 Å². The van der Waals surface area contributed by atoms with Crippen molar-refractivity contribution in [3.05, 3.63) is 28.8 Å². The molecule has 1 saturated carbocycles. The highest BCUT2D eigenvalue weighted by Crippen LogP contribution is 2.33. The summed E-state index contributed by atoms with van der Waals surface area (Å²) in [7, 11) is 0. The van der Waals surface area contributed by atoms with Crippen molar-refractivity contribution < 1.29 is 0 Å². The number of rotatable bonds is 5. The van der Waals surface area contributed by atoms with Crippen LogP contribution in [0, 0.1) is 17.2 Å². The largest absolute Gasteiger partial charge is 0.385 e. The maximum absolute atomic E-state index is 8.74. The highest BCUT2D eigenvalue weighted by molar-refractivity contribution is 6.32. The van der Waals surface area contributed by atoms with E-state index in [2.05, 4.69) is 11.4 Å². The van der Waals surface area contributed by atoms with Crippen LogP contribution in [0.4, 0.5) is 5.69 Å². The Morgan fingerprint density at radius 1 is 1.44 bits per heavy atom. The van der Waals surface area contributed by atoms with Crippen molar-refractivity contribution in [2.24, 2.45) is 5.92 Å². The van der Waals surface area contributed by atoms with Crippen LogP contribution in [0.2, 0.25) is 5.02 Å². The second-order valence-corrected chi connectivity index (χ2v) is 4.73. The van der Waals surface area contributed by atoms with Gasteiger partial charge in [0, 0.05) is 12.2 Å². The predicted molar refractivity (Wildman–Crippen MR) is 66.6 cm³/mol. The van der Waals surface area contributed by atoms with E-state index in [1.54, 1.807) is 6.07 Å². The summed E-state index contributed by atoms with van der Waals surface area (Å²) in [4.78, 5) is 0.